The fourth-order valence-electron chi connectivity index (χ4n) is 1.38. The van der Waals surface area contributed by atoms with E-state index in [1.165, 1.54) is 11.3 Å². The van der Waals surface area contributed by atoms with Crippen LogP contribution in [-0.2, 0) is 11.2 Å². The van der Waals surface area contributed by atoms with Gasteiger partial charge in [0, 0.05) is 11.8 Å². The summed E-state index contributed by atoms with van der Waals surface area (Å²) in [6.45, 7) is 3.94. The SMILES string of the molecule is CC(C)[C@@H](NC(=O)c1csc(CCN)n1)C(=O)O. The summed E-state index contributed by atoms with van der Waals surface area (Å²) in [7, 11) is 0. The number of amides is 1. The van der Waals surface area contributed by atoms with Gasteiger partial charge in [-0.2, -0.15) is 0 Å². The Bertz CT molecular complexity index is 431. The predicted molar refractivity (Wildman–Crippen MR) is 68.6 cm³/mol. The monoisotopic (exact) mass is 271 g/mol. The van der Waals surface area contributed by atoms with Gasteiger partial charge in [-0.3, -0.25) is 4.79 Å². The van der Waals surface area contributed by atoms with Crippen LogP contribution in [0.15, 0.2) is 5.38 Å². The minimum atomic E-state index is -1.05. The number of aromatic nitrogens is 1. The van der Waals surface area contributed by atoms with Gasteiger partial charge in [-0.1, -0.05) is 13.8 Å². The van der Waals surface area contributed by atoms with Crippen molar-refractivity contribution >= 4 is 23.2 Å². The van der Waals surface area contributed by atoms with Gasteiger partial charge in [-0.15, -0.1) is 11.3 Å². The fourth-order valence-corrected chi connectivity index (χ4v) is 2.18. The third-order valence-electron chi connectivity index (χ3n) is 2.36. The third-order valence-corrected chi connectivity index (χ3v) is 3.27. The number of hydrogen-bond donors (Lipinski definition) is 3. The van der Waals surface area contributed by atoms with Crippen LogP contribution >= 0.6 is 11.3 Å². The maximum Gasteiger partial charge on any atom is 0.326 e. The number of nitrogens with two attached hydrogens (primary N) is 1. The van der Waals surface area contributed by atoms with Crippen molar-refractivity contribution in [2.24, 2.45) is 11.7 Å². The van der Waals surface area contributed by atoms with Crippen molar-refractivity contribution in [1.29, 1.82) is 0 Å². The molecule has 18 heavy (non-hydrogen) atoms. The molecule has 1 amide bonds. The van der Waals surface area contributed by atoms with E-state index < -0.39 is 17.9 Å². The van der Waals surface area contributed by atoms with Gasteiger partial charge in [-0.05, 0) is 12.5 Å². The van der Waals surface area contributed by atoms with Crippen LogP contribution in [0.3, 0.4) is 0 Å². The lowest BCUT2D eigenvalue weighted by Crippen LogP contribution is -2.44. The van der Waals surface area contributed by atoms with Crippen molar-refractivity contribution in [3.8, 4) is 0 Å². The molecular formula is C11H17N3O3S. The first kappa shape index (κ1) is 14.6. The molecule has 0 saturated heterocycles. The molecule has 0 bridgehead atoms. The van der Waals surface area contributed by atoms with Crippen LogP contribution in [0.1, 0.15) is 29.3 Å². The summed E-state index contributed by atoms with van der Waals surface area (Å²) in [6.07, 6.45) is 0.616. The largest absolute Gasteiger partial charge is 0.480 e. The maximum absolute atomic E-state index is 11.8. The quantitative estimate of drug-likeness (QED) is 0.698. The van der Waals surface area contributed by atoms with Crippen molar-refractivity contribution in [3.05, 3.63) is 16.1 Å². The molecule has 1 atom stereocenters. The standard InChI is InChI=1S/C11H17N3O3S/c1-6(2)9(11(16)17)14-10(15)7-5-18-8(13-7)3-4-12/h5-6,9H,3-4,12H2,1-2H3,(H,14,15)(H,16,17)/t9-/m1/s1. The molecule has 0 unspecified atom stereocenters. The minimum absolute atomic E-state index is 0.186. The number of carbonyl (C=O) groups excluding carboxylic acids is 1. The number of nitrogens with zero attached hydrogens (tertiary/aromatic N) is 1. The van der Waals surface area contributed by atoms with Crippen LogP contribution < -0.4 is 11.1 Å². The Morgan fingerprint density at radius 2 is 2.22 bits per heavy atom. The van der Waals surface area contributed by atoms with Gasteiger partial charge < -0.3 is 16.2 Å². The first-order chi connectivity index (χ1) is 8.45. The normalized spacial score (nSPS) is 12.4. The molecule has 0 aliphatic heterocycles. The third kappa shape index (κ3) is 3.78. The lowest BCUT2D eigenvalue weighted by molar-refractivity contribution is -0.140. The summed E-state index contributed by atoms with van der Waals surface area (Å²) in [5, 5.41) is 13.8. The van der Waals surface area contributed by atoms with Gasteiger partial charge in [0.05, 0.1) is 5.01 Å². The number of carboxylic acid groups (broad SMARTS) is 1. The fraction of sp³-hybridized carbons (Fsp3) is 0.545. The molecule has 1 heterocycles. The van der Waals surface area contributed by atoms with Crippen LogP contribution in [0.5, 0.6) is 0 Å². The summed E-state index contributed by atoms with van der Waals surface area (Å²) < 4.78 is 0. The average molecular weight is 271 g/mol. The number of carbonyl (C=O) groups is 2. The summed E-state index contributed by atoms with van der Waals surface area (Å²) in [5.41, 5.74) is 5.64. The Morgan fingerprint density at radius 1 is 1.56 bits per heavy atom. The van der Waals surface area contributed by atoms with Crippen molar-refractivity contribution < 1.29 is 14.7 Å². The zero-order chi connectivity index (χ0) is 13.7. The molecule has 6 nitrogen and oxygen atoms in total. The molecular weight excluding hydrogens is 254 g/mol. The lowest BCUT2D eigenvalue weighted by Gasteiger charge is -2.16. The van der Waals surface area contributed by atoms with Gasteiger partial charge in [0.25, 0.3) is 5.91 Å². The molecule has 4 N–H and O–H groups in total. The highest BCUT2D eigenvalue weighted by Gasteiger charge is 2.24. The van der Waals surface area contributed by atoms with Gasteiger partial charge in [0.2, 0.25) is 0 Å². The number of rotatable bonds is 6. The molecule has 1 rings (SSSR count). The molecule has 1 aromatic rings. The Hall–Kier alpha value is -1.47. The van der Waals surface area contributed by atoms with Crippen LogP contribution in [0, 0.1) is 5.92 Å². The van der Waals surface area contributed by atoms with Crippen molar-refractivity contribution in [2.45, 2.75) is 26.3 Å². The van der Waals surface area contributed by atoms with E-state index >= 15 is 0 Å². The first-order valence-corrected chi connectivity index (χ1v) is 6.51. The average Bonchev–Trinajstić information content (AvgIpc) is 2.73. The van der Waals surface area contributed by atoms with E-state index in [0.717, 1.165) is 5.01 Å². The zero-order valence-corrected chi connectivity index (χ0v) is 11.2. The number of thiazole rings is 1. The molecule has 0 saturated carbocycles. The number of nitrogens with one attached hydrogen (secondary N) is 1. The highest BCUT2D eigenvalue weighted by atomic mass is 32.1. The number of hydrogen-bond acceptors (Lipinski definition) is 5. The summed E-state index contributed by atoms with van der Waals surface area (Å²) in [4.78, 5) is 26.9. The van der Waals surface area contributed by atoms with Crippen LogP contribution in [0.25, 0.3) is 0 Å². The van der Waals surface area contributed by atoms with Crippen LogP contribution in [0.4, 0.5) is 0 Å². The molecule has 1 aromatic heterocycles. The molecule has 0 aromatic carbocycles. The summed E-state index contributed by atoms with van der Waals surface area (Å²) in [5.74, 6) is -1.69. The Balaban J connectivity index is 2.71. The van der Waals surface area contributed by atoms with E-state index in [2.05, 4.69) is 10.3 Å². The van der Waals surface area contributed by atoms with E-state index in [9.17, 15) is 9.59 Å². The van der Waals surface area contributed by atoms with E-state index in [1.807, 2.05) is 0 Å². The summed E-state index contributed by atoms with van der Waals surface area (Å²) >= 11 is 1.35. The molecule has 7 heteroatoms. The molecule has 0 fully saturated rings. The van der Waals surface area contributed by atoms with Gasteiger partial charge in [0.1, 0.15) is 11.7 Å². The Labute approximate surface area is 109 Å². The maximum atomic E-state index is 11.8. The van der Waals surface area contributed by atoms with Crippen molar-refractivity contribution in [1.82, 2.24) is 10.3 Å². The number of aliphatic carboxylic acids is 1. The molecule has 0 spiro atoms. The molecule has 100 valence electrons. The smallest absolute Gasteiger partial charge is 0.326 e. The van der Waals surface area contributed by atoms with Crippen molar-refractivity contribution in [2.75, 3.05) is 6.54 Å². The second-order valence-electron chi connectivity index (χ2n) is 4.20. The molecule has 0 radical (unpaired) electrons. The highest BCUT2D eigenvalue weighted by molar-refractivity contribution is 7.09. The van der Waals surface area contributed by atoms with E-state index in [-0.39, 0.29) is 11.6 Å². The van der Waals surface area contributed by atoms with Gasteiger partial charge >= 0.3 is 5.97 Å². The topological polar surface area (TPSA) is 105 Å². The summed E-state index contributed by atoms with van der Waals surface area (Å²) in [6, 6.07) is -0.905. The zero-order valence-electron chi connectivity index (χ0n) is 10.3. The van der Waals surface area contributed by atoms with Gasteiger partial charge in [0.15, 0.2) is 0 Å². The van der Waals surface area contributed by atoms with Crippen molar-refractivity contribution in [3.63, 3.8) is 0 Å². The molecule has 0 aliphatic rings. The lowest BCUT2D eigenvalue weighted by atomic mass is 10.0. The second-order valence-corrected chi connectivity index (χ2v) is 5.14. The van der Waals surface area contributed by atoms with Crippen LogP contribution in [0.2, 0.25) is 0 Å². The first-order valence-electron chi connectivity index (χ1n) is 5.63. The predicted octanol–water partition coefficient (Wildman–Crippen LogP) is 0.483. The highest BCUT2D eigenvalue weighted by Crippen LogP contribution is 2.11. The number of carboxylic acids is 1. The molecule has 0 aliphatic carbocycles. The van der Waals surface area contributed by atoms with Gasteiger partial charge in [-0.25, -0.2) is 9.78 Å². The Morgan fingerprint density at radius 3 is 2.72 bits per heavy atom. The van der Waals surface area contributed by atoms with E-state index in [1.54, 1.807) is 19.2 Å². The second kappa shape index (κ2) is 6.46. The van der Waals surface area contributed by atoms with E-state index in [4.69, 9.17) is 10.8 Å². The van der Waals surface area contributed by atoms with E-state index in [0.29, 0.717) is 13.0 Å². The Kier molecular flexibility index (Phi) is 5.24. The van der Waals surface area contributed by atoms with Crippen LogP contribution in [-0.4, -0.2) is 34.6 Å². The minimum Gasteiger partial charge on any atom is -0.480 e.